The van der Waals surface area contributed by atoms with E-state index in [-0.39, 0.29) is 5.76 Å². The van der Waals surface area contributed by atoms with Crippen molar-refractivity contribution in [2.45, 2.75) is 13.8 Å². The monoisotopic (exact) mass is 207 g/mol. The Hall–Kier alpha value is -1.64. The number of rotatable bonds is 4. The fourth-order valence-corrected chi connectivity index (χ4v) is 1.15. The third kappa shape index (κ3) is 3.54. The highest BCUT2D eigenvalue weighted by Crippen LogP contribution is 2.12. The van der Waals surface area contributed by atoms with Crippen molar-refractivity contribution in [1.29, 1.82) is 0 Å². The second kappa shape index (κ2) is 5.29. The summed E-state index contributed by atoms with van der Waals surface area (Å²) in [5, 5.41) is 12.2. The van der Waals surface area contributed by atoms with Crippen LogP contribution in [0.3, 0.4) is 0 Å². The Labute approximate surface area is 90.4 Å². The van der Waals surface area contributed by atoms with E-state index in [0.717, 1.165) is 5.75 Å². The molecule has 0 aliphatic rings. The number of aryl methyl sites for hydroxylation is 1. The molecule has 15 heavy (non-hydrogen) atoms. The van der Waals surface area contributed by atoms with Crippen LogP contribution < -0.4 is 10.1 Å². The number of aliphatic hydroxyl groups is 1. The highest BCUT2D eigenvalue weighted by molar-refractivity contribution is 5.26. The standard InChI is InChI=1S/C12H17NO2/c1-9-4-6-11(7-5-9)15-8-12(13-3)10(2)14/h4-7,13-14H,8H2,1-3H3/b12-10-. The molecule has 0 atom stereocenters. The quantitative estimate of drug-likeness (QED) is 0.745. The molecule has 0 spiro atoms. The topological polar surface area (TPSA) is 41.5 Å². The minimum absolute atomic E-state index is 0.254. The van der Waals surface area contributed by atoms with Gasteiger partial charge in [0, 0.05) is 7.05 Å². The summed E-state index contributed by atoms with van der Waals surface area (Å²) in [6.07, 6.45) is 0. The summed E-state index contributed by atoms with van der Waals surface area (Å²) in [6, 6.07) is 7.80. The van der Waals surface area contributed by atoms with Crippen molar-refractivity contribution in [2.75, 3.05) is 13.7 Å². The molecule has 0 aromatic heterocycles. The first-order valence-corrected chi connectivity index (χ1v) is 4.89. The maximum atomic E-state index is 9.27. The van der Waals surface area contributed by atoms with Gasteiger partial charge in [-0.1, -0.05) is 17.7 Å². The number of likely N-dealkylation sites (N-methyl/N-ethyl adjacent to an activating group) is 1. The molecule has 0 radical (unpaired) electrons. The second-order valence-electron chi connectivity index (χ2n) is 3.42. The third-order valence-corrected chi connectivity index (χ3v) is 2.14. The van der Waals surface area contributed by atoms with Crippen molar-refractivity contribution >= 4 is 0 Å². The molecular formula is C12H17NO2. The lowest BCUT2D eigenvalue weighted by Gasteiger charge is -2.10. The summed E-state index contributed by atoms with van der Waals surface area (Å²) in [5.74, 6) is 1.05. The molecule has 0 bridgehead atoms. The lowest BCUT2D eigenvalue weighted by atomic mass is 10.2. The van der Waals surface area contributed by atoms with E-state index in [1.54, 1.807) is 14.0 Å². The van der Waals surface area contributed by atoms with E-state index in [4.69, 9.17) is 4.74 Å². The Balaban J connectivity index is 2.57. The van der Waals surface area contributed by atoms with Gasteiger partial charge in [-0.05, 0) is 26.0 Å². The van der Waals surface area contributed by atoms with Gasteiger partial charge < -0.3 is 15.2 Å². The summed E-state index contributed by atoms with van der Waals surface area (Å²) in [6.45, 7) is 4.01. The highest BCUT2D eigenvalue weighted by atomic mass is 16.5. The number of aliphatic hydroxyl groups excluding tert-OH is 1. The molecular weight excluding hydrogens is 190 g/mol. The predicted molar refractivity (Wildman–Crippen MR) is 61.1 cm³/mol. The summed E-state index contributed by atoms with van der Waals surface area (Å²) in [5.41, 5.74) is 1.89. The molecule has 1 aromatic rings. The molecule has 0 unspecified atom stereocenters. The molecule has 0 saturated heterocycles. The lowest BCUT2D eigenvalue weighted by Crippen LogP contribution is -2.16. The Morgan fingerprint density at radius 2 is 1.93 bits per heavy atom. The van der Waals surface area contributed by atoms with E-state index in [9.17, 15) is 5.11 Å². The second-order valence-corrected chi connectivity index (χ2v) is 3.42. The molecule has 3 heteroatoms. The largest absolute Gasteiger partial charge is 0.511 e. The molecule has 1 aromatic carbocycles. The van der Waals surface area contributed by atoms with Gasteiger partial charge in [0.2, 0.25) is 0 Å². The average molecular weight is 207 g/mol. The number of allylic oxidation sites excluding steroid dienone is 1. The van der Waals surface area contributed by atoms with Crippen LogP contribution in [-0.2, 0) is 0 Å². The minimum atomic E-state index is 0.254. The Morgan fingerprint density at radius 3 is 2.40 bits per heavy atom. The Morgan fingerprint density at radius 1 is 1.33 bits per heavy atom. The molecule has 2 N–H and O–H groups in total. The van der Waals surface area contributed by atoms with Gasteiger partial charge in [0.05, 0.1) is 5.70 Å². The van der Waals surface area contributed by atoms with E-state index in [1.807, 2.05) is 31.2 Å². The summed E-state index contributed by atoms with van der Waals surface area (Å²) in [7, 11) is 1.76. The maximum absolute atomic E-state index is 9.27. The van der Waals surface area contributed by atoms with Crippen molar-refractivity contribution in [3.63, 3.8) is 0 Å². The number of benzene rings is 1. The number of hydrogen-bond donors (Lipinski definition) is 2. The van der Waals surface area contributed by atoms with E-state index < -0.39 is 0 Å². The van der Waals surface area contributed by atoms with E-state index in [1.165, 1.54) is 5.56 Å². The first-order chi connectivity index (χ1) is 7.13. The van der Waals surface area contributed by atoms with Crippen LogP contribution in [0, 0.1) is 6.92 Å². The van der Waals surface area contributed by atoms with Crippen LogP contribution in [0.4, 0.5) is 0 Å². The number of hydrogen-bond acceptors (Lipinski definition) is 3. The van der Waals surface area contributed by atoms with Gasteiger partial charge in [0.1, 0.15) is 18.1 Å². The van der Waals surface area contributed by atoms with Crippen LogP contribution >= 0.6 is 0 Å². The SMILES string of the molecule is CN/C(COc1ccc(C)cc1)=C(/C)O. The number of nitrogens with one attached hydrogen (secondary N) is 1. The normalized spacial score (nSPS) is 11.9. The smallest absolute Gasteiger partial charge is 0.131 e. The minimum Gasteiger partial charge on any atom is -0.511 e. The van der Waals surface area contributed by atoms with Crippen LogP contribution in [0.15, 0.2) is 35.7 Å². The van der Waals surface area contributed by atoms with Gasteiger partial charge in [0.25, 0.3) is 0 Å². The van der Waals surface area contributed by atoms with E-state index in [2.05, 4.69) is 5.32 Å². The Bertz CT molecular complexity index is 337. The molecule has 0 saturated carbocycles. The molecule has 0 heterocycles. The zero-order valence-electron chi connectivity index (χ0n) is 9.37. The van der Waals surface area contributed by atoms with E-state index in [0.29, 0.717) is 12.3 Å². The summed E-state index contributed by atoms with van der Waals surface area (Å²) in [4.78, 5) is 0. The van der Waals surface area contributed by atoms with Crippen LogP contribution in [0.5, 0.6) is 5.75 Å². The fraction of sp³-hybridized carbons (Fsp3) is 0.333. The van der Waals surface area contributed by atoms with Gasteiger partial charge in [-0.3, -0.25) is 0 Å². The van der Waals surface area contributed by atoms with Crippen LogP contribution in [0.2, 0.25) is 0 Å². The van der Waals surface area contributed by atoms with Crippen LogP contribution in [0.1, 0.15) is 12.5 Å². The van der Waals surface area contributed by atoms with Crippen molar-refractivity contribution in [2.24, 2.45) is 0 Å². The van der Waals surface area contributed by atoms with Gasteiger partial charge in [-0.25, -0.2) is 0 Å². The van der Waals surface area contributed by atoms with Gasteiger partial charge in [0.15, 0.2) is 0 Å². The highest BCUT2D eigenvalue weighted by Gasteiger charge is 2.00. The van der Waals surface area contributed by atoms with Crippen molar-refractivity contribution in [1.82, 2.24) is 5.32 Å². The molecule has 0 amide bonds. The molecule has 82 valence electrons. The third-order valence-electron chi connectivity index (χ3n) is 2.14. The van der Waals surface area contributed by atoms with Gasteiger partial charge >= 0.3 is 0 Å². The van der Waals surface area contributed by atoms with Crippen molar-refractivity contribution in [3.8, 4) is 5.75 Å². The van der Waals surface area contributed by atoms with Gasteiger partial charge in [-0.2, -0.15) is 0 Å². The first-order valence-electron chi connectivity index (χ1n) is 4.89. The zero-order chi connectivity index (χ0) is 11.3. The van der Waals surface area contributed by atoms with Crippen molar-refractivity contribution < 1.29 is 9.84 Å². The first kappa shape index (κ1) is 11.4. The molecule has 1 rings (SSSR count). The Kier molecular flexibility index (Phi) is 4.03. The van der Waals surface area contributed by atoms with Crippen molar-refractivity contribution in [3.05, 3.63) is 41.3 Å². The predicted octanol–water partition coefficient (Wildman–Crippen LogP) is 2.38. The van der Waals surface area contributed by atoms with Gasteiger partial charge in [-0.15, -0.1) is 0 Å². The van der Waals surface area contributed by atoms with E-state index >= 15 is 0 Å². The maximum Gasteiger partial charge on any atom is 0.131 e. The fourth-order valence-electron chi connectivity index (χ4n) is 1.15. The summed E-state index contributed by atoms with van der Waals surface area (Å²) < 4.78 is 5.49. The summed E-state index contributed by atoms with van der Waals surface area (Å²) >= 11 is 0. The van der Waals surface area contributed by atoms with Crippen LogP contribution in [0.25, 0.3) is 0 Å². The molecule has 0 fully saturated rings. The zero-order valence-corrected chi connectivity index (χ0v) is 9.37. The molecule has 3 nitrogen and oxygen atoms in total. The average Bonchev–Trinajstić information content (AvgIpc) is 2.21. The van der Waals surface area contributed by atoms with Crippen LogP contribution in [-0.4, -0.2) is 18.8 Å². The molecule has 0 aliphatic carbocycles. The lowest BCUT2D eigenvalue weighted by molar-refractivity contribution is 0.323. The molecule has 0 aliphatic heterocycles. The number of ether oxygens (including phenoxy) is 1.